The molecule has 1 heteroatoms. The first-order valence-electron chi connectivity index (χ1n) is 5.41. The Labute approximate surface area is 92.1 Å². The number of benzene rings is 1. The zero-order chi connectivity index (χ0) is 11.3. The number of hydrogen-bond acceptors (Lipinski definition) is 1. The van der Waals surface area contributed by atoms with E-state index in [0.29, 0.717) is 0 Å². The summed E-state index contributed by atoms with van der Waals surface area (Å²) in [5.41, 5.74) is 5.20. The standard InChI is InChI=1S/C14H17N/c1-4-12-9-11(3)10-13(5-2)14(12)7-6-8-15/h6-7,9-10H,4-5H2,1-3H3. The predicted octanol–water partition coefficient (Wildman–Crippen LogP) is 3.66. The summed E-state index contributed by atoms with van der Waals surface area (Å²) in [6, 6.07) is 6.46. The average molecular weight is 199 g/mol. The Hall–Kier alpha value is -1.55. The smallest absolute Gasteiger partial charge is 0.0912 e. The van der Waals surface area contributed by atoms with Crippen LogP contribution in [0.2, 0.25) is 0 Å². The van der Waals surface area contributed by atoms with E-state index >= 15 is 0 Å². The third-order valence-corrected chi connectivity index (χ3v) is 2.58. The van der Waals surface area contributed by atoms with Crippen LogP contribution in [-0.2, 0) is 12.8 Å². The molecule has 0 aliphatic carbocycles. The van der Waals surface area contributed by atoms with Crippen LogP contribution < -0.4 is 0 Å². The van der Waals surface area contributed by atoms with Crippen LogP contribution in [0.15, 0.2) is 18.2 Å². The number of allylic oxidation sites excluding steroid dienone is 1. The highest BCUT2D eigenvalue weighted by Gasteiger charge is 2.04. The molecule has 0 fully saturated rings. The van der Waals surface area contributed by atoms with Crippen LogP contribution >= 0.6 is 0 Å². The van der Waals surface area contributed by atoms with Crippen molar-refractivity contribution in [2.75, 3.05) is 0 Å². The van der Waals surface area contributed by atoms with E-state index in [1.165, 1.54) is 22.3 Å². The zero-order valence-corrected chi connectivity index (χ0v) is 9.67. The van der Waals surface area contributed by atoms with Gasteiger partial charge in [-0.25, -0.2) is 0 Å². The first-order chi connectivity index (χ1) is 7.22. The van der Waals surface area contributed by atoms with Gasteiger partial charge in [0.2, 0.25) is 0 Å². The monoisotopic (exact) mass is 199 g/mol. The molecule has 0 saturated heterocycles. The summed E-state index contributed by atoms with van der Waals surface area (Å²) >= 11 is 0. The number of nitrogens with zero attached hydrogens (tertiary/aromatic N) is 1. The molecular weight excluding hydrogens is 182 g/mol. The van der Waals surface area contributed by atoms with Gasteiger partial charge in [-0.3, -0.25) is 0 Å². The SMILES string of the molecule is CCc1cc(C)cc(CC)c1C=CC#N. The lowest BCUT2D eigenvalue weighted by Gasteiger charge is -2.10. The molecule has 0 amide bonds. The van der Waals surface area contributed by atoms with Crippen LogP contribution in [-0.4, -0.2) is 0 Å². The average Bonchev–Trinajstić information content (AvgIpc) is 2.26. The Morgan fingerprint density at radius 2 is 1.73 bits per heavy atom. The fourth-order valence-electron chi connectivity index (χ4n) is 1.87. The van der Waals surface area contributed by atoms with Gasteiger partial charge in [-0.1, -0.05) is 31.5 Å². The molecule has 0 saturated carbocycles. The van der Waals surface area contributed by atoms with E-state index < -0.39 is 0 Å². The number of nitriles is 1. The summed E-state index contributed by atoms with van der Waals surface area (Å²) in [5, 5.41) is 8.57. The van der Waals surface area contributed by atoms with Crippen molar-refractivity contribution in [3.63, 3.8) is 0 Å². The molecule has 0 radical (unpaired) electrons. The Morgan fingerprint density at radius 1 is 1.20 bits per heavy atom. The Morgan fingerprint density at radius 3 is 2.13 bits per heavy atom. The van der Waals surface area contributed by atoms with Crippen LogP contribution in [0.25, 0.3) is 6.08 Å². The first-order valence-corrected chi connectivity index (χ1v) is 5.41. The van der Waals surface area contributed by atoms with Gasteiger partial charge in [-0.15, -0.1) is 0 Å². The highest BCUT2D eigenvalue weighted by molar-refractivity contribution is 5.60. The topological polar surface area (TPSA) is 23.8 Å². The molecule has 0 atom stereocenters. The summed E-state index contributed by atoms with van der Waals surface area (Å²) < 4.78 is 0. The number of aryl methyl sites for hydroxylation is 3. The van der Waals surface area contributed by atoms with Crippen molar-refractivity contribution in [3.05, 3.63) is 40.5 Å². The van der Waals surface area contributed by atoms with Crippen LogP contribution in [0.3, 0.4) is 0 Å². The maximum absolute atomic E-state index is 8.57. The third kappa shape index (κ3) is 2.70. The highest BCUT2D eigenvalue weighted by Crippen LogP contribution is 2.20. The minimum absolute atomic E-state index is 1.01. The van der Waals surface area contributed by atoms with E-state index in [1.807, 2.05) is 6.08 Å². The molecule has 1 nitrogen and oxygen atoms in total. The predicted molar refractivity (Wildman–Crippen MR) is 64.6 cm³/mol. The molecule has 0 aliphatic rings. The second-order valence-electron chi connectivity index (χ2n) is 3.67. The van der Waals surface area contributed by atoms with Crippen molar-refractivity contribution >= 4 is 6.08 Å². The van der Waals surface area contributed by atoms with Crippen molar-refractivity contribution in [2.45, 2.75) is 33.6 Å². The fourth-order valence-corrected chi connectivity index (χ4v) is 1.87. The van der Waals surface area contributed by atoms with E-state index in [2.05, 4.69) is 39.0 Å². The van der Waals surface area contributed by atoms with E-state index in [1.54, 1.807) is 6.08 Å². The summed E-state index contributed by atoms with van der Waals surface area (Å²) in [6.07, 6.45) is 5.51. The van der Waals surface area contributed by atoms with Gasteiger partial charge in [0.25, 0.3) is 0 Å². The molecule has 15 heavy (non-hydrogen) atoms. The lowest BCUT2D eigenvalue weighted by molar-refractivity contribution is 1.07. The molecule has 0 aromatic heterocycles. The van der Waals surface area contributed by atoms with E-state index in [0.717, 1.165) is 12.8 Å². The summed E-state index contributed by atoms with van der Waals surface area (Å²) in [4.78, 5) is 0. The molecule has 0 N–H and O–H groups in total. The largest absolute Gasteiger partial charge is 0.193 e. The molecule has 1 aromatic carbocycles. The van der Waals surface area contributed by atoms with Crippen molar-refractivity contribution in [3.8, 4) is 6.07 Å². The number of hydrogen-bond donors (Lipinski definition) is 0. The normalized spacial score (nSPS) is 10.5. The van der Waals surface area contributed by atoms with Crippen LogP contribution in [0.4, 0.5) is 0 Å². The van der Waals surface area contributed by atoms with Crippen molar-refractivity contribution < 1.29 is 0 Å². The van der Waals surface area contributed by atoms with Gasteiger partial charge in [-0.2, -0.15) is 5.26 Å². The van der Waals surface area contributed by atoms with Crippen molar-refractivity contribution in [1.82, 2.24) is 0 Å². The second-order valence-corrected chi connectivity index (χ2v) is 3.67. The fraction of sp³-hybridized carbons (Fsp3) is 0.357. The van der Waals surface area contributed by atoms with Gasteiger partial charge in [0, 0.05) is 6.08 Å². The third-order valence-electron chi connectivity index (χ3n) is 2.58. The van der Waals surface area contributed by atoms with E-state index in [-0.39, 0.29) is 0 Å². The summed E-state index contributed by atoms with van der Waals surface area (Å²) in [7, 11) is 0. The number of rotatable bonds is 3. The molecule has 1 aromatic rings. The first kappa shape index (κ1) is 11.5. The molecule has 1 rings (SSSR count). The summed E-state index contributed by atoms with van der Waals surface area (Å²) in [6.45, 7) is 6.42. The van der Waals surface area contributed by atoms with Gasteiger partial charge < -0.3 is 0 Å². The van der Waals surface area contributed by atoms with E-state index in [4.69, 9.17) is 5.26 Å². The minimum atomic E-state index is 1.01. The molecule has 0 spiro atoms. The lowest BCUT2D eigenvalue weighted by atomic mass is 9.95. The summed E-state index contributed by atoms with van der Waals surface area (Å²) in [5.74, 6) is 0. The molecular formula is C14H17N. The quantitative estimate of drug-likeness (QED) is 0.681. The van der Waals surface area contributed by atoms with Gasteiger partial charge in [0.05, 0.1) is 6.07 Å². The van der Waals surface area contributed by atoms with E-state index in [9.17, 15) is 0 Å². The maximum Gasteiger partial charge on any atom is 0.0912 e. The molecule has 0 aliphatic heterocycles. The van der Waals surface area contributed by atoms with Crippen molar-refractivity contribution in [2.24, 2.45) is 0 Å². The Bertz CT molecular complexity index is 383. The lowest BCUT2D eigenvalue weighted by Crippen LogP contribution is -1.95. The van der Waals surface area contributed by atoms with Crippen LogP contribution in [0, 0.1) is 18.3 Å². The second kappa shape index (κ2) is 5.36. The molecule has 78 valence electrons. The van der Waals surface area contributed by atoms with Gasteiger partial charge >= 0.3 is 0 Å². The van der Waals surface area contributed by atoms with Gasteiger partial charge in [0.1, 0.15) is 0 Å². The molecule has 0 bridgehead atoms. The Balaban J connectivity index is 3.31. The molecule has 0 unspecified atom stereocenters. The highest BCUT2D eigenvalue weighted by atomic mass is 14.2. The molecule has 0 heterocycles. The van der Waals surface area contributed by atoms with Gasteiger partial charge in [-0.05, 0) is 42.5 Å². The maximum atomic E-state index is 8.57. The van der Waals surface area contributed by atoms with Crippen molar-refractivity contribution in [1.29, 1.82) is 5.26 Å². The zero-order valence-electron chi connectivity index (χ0n) is 9.67. The van der Waals surface area contributed by atoms with Crippen LogP contribution in [0.1, 0.15) is 36.1 Å². The Kier molecular flexibility index (Phi) is 4.12. The van der Waals surface area contributed by atoms with Crippen LogP contribution in [0.5, 0.6) is 0 Å². The van der Waals surface area contributed by atoms with Gasteiger partial charge in [0.15, 0.2) is 0 Å². The minimum Gasteiger partial charge on any atom is -0.193 e.